The number of rotatable bonds is 4. The minimum Gasteiger partial charge on any atom is -0.354 e. The summed E-state index contributed by atoms with van der Waals surface area (Å²) in [5.74, 6) is 0.973. The molecule has 0 saturated carbocycles. The van der Waals surface area contributed by atoms with Crippen molar-refractivity contribution >= 4 is 17.7 Å². The van der Waals surface area contributed by atoms with E-state index in [1.165, 1.54) is 24.4 Å². The van der Waals surface area contributed by atoms with Gasteiger partial charge in [-0.2, -0.15) is 0 Å². The van der Waals surface area contributed by atoms with E-state index in [1.54, 1.807) is 0 Å². The molecule has 1 N–H and O–H groups in total. The summed E-state index contributed by atoms with van der Waals surface area (Å²) >= 11 is 1.21. The first-order chi connectivity index (χ1) is 10.3. The Bertz CT molecular complexity index is 629. The van der Waals surface area contributed by atoms with Crippen molar-refractivity contribution in [3.63, 3.8) is 0 Å². The van der Waals surface area contributed by atoms with E-state index in [9.17, 15) is 4.39 Å². The number of aryl methyl sites for hydroxylation is 1. The first-order valence-corrected chi connectivity index (χ1v) is 7.96. The van der Waals surface area contributed by atoms with Crippen LogP contribution in [0.4, 0.5) is 10.3 Å². The molecule has 2 aromatic rings. The van der Waals surface area contributed by atoms with Gasteiger partial charge in [-0.3, -0.25) is 0 Å². The normalized spacial score (nSPS) is 14.6. The van der Waals surface area contributed by atoms with E-state index in [2.05, 4.69) is 30.0 Å². The second-order valence-electron chi connectivity index (χ2n) is 4.84. The van der Waals surface area contributed by atoms with Gasteiger partial charge in [0.1, 0.15) is 10.9 Å². The van der Waals surface area contributed by atoms with E-state index in [1.807, 2.05) is 6.92 Å². The molecule has 0 amide bonds. The molecule has 1 aliphatic heterocycles. The maximum Gasteiger partial charge on any atom is 0.223 e. The van der Waals surface area contributed by atoms with Crippen LogP contribution in [0.15, 0.2) is 16.4 Å². The highest BCUT2D eigenvalue weighted by Gasteiger charge is 2.18. The fourth-order valence-electron chi connectivity index (χ4n) is 2.29. The van der Waals surface area contributed by atoms with Gasteiger partial charge in [-0.1, -0.05) is 6.42 Å². The van der Waals surface area contributed by atoms with Gasteiger partial charge in [0.05, 0.1) is 6.20 Å². The van der Waals surface area contributed by atoms with Crippen LogP contribution < -0.4 is 5.32 Å². The fraction of sp³-hybridized carbons (Fsp3) is 0.538. The number of hydrogen-bond donors (Lipinski definition) is 1. The van der Waals surface area contributed by atoms with Crippen LogP contribution in [-0.4, -0.2) is 31.3 Å². The van der Waals surface area contributed by atoms with Crippen molar-refractivity contribution < 1.29 is 4.39 Å². The highest BCUT2D eigenvalue weighted by atomic mass is 32.2. The zero-order valence-electron chi connectivity index (χ0n) is 11.8. The van der Waals surface area contributed by atoms with Gasteiger partial charge in [-0.05, 0) is 31.5 Å². The second kappa shape index (κ2) is 6.38. The Morgan fingerprint density at radius 1 is 1.33 bits per heavy atom. The first kappa shape index (κ1) is 14.2. The van der Waals surface area contributed by atoms with E-state index >= 15 is 0 Å². The molecule has 1 aliphatic rings. The molecule has 0 aromatic carbocycles. The summed E-state index contributed by atoms with van der Waals surface area (Å²) in [6, 6.07) is 0. The number of nitrogens with zero attached hydrogens (tertiary/aromatic N) is 5. The number of anilines is 1. The maximum atomic E-state index is 13.9. The van der Waals surface area contributed by atoms with Gasteiger partial charge in [0.15, 0.2) is 11.0 Å². The second-order valence-corrected chi connectivity index (χ2v) is 5.80. The molecule has 3 rings (SSSR count). The van der Waals surface area contributed by atoms with Gasteiger partial charge in [0.25, 0.3) is 0 Å². The summed E-state index contributed by atoms with van der Waals surface area (Å²) < 4.78 is 16.0. The molecule has 0 bridgehead atoms. The summed E-state index contributed by atoms with van der Waals surface area (Å²) in [5.41, 5.74) is 0. The third-order valence-corrected chi connectivity index (χ3v) is 4.27. The summed E-state index contributed by atoms with van der Waals surface area (Å²) in [7, 11) is 0. The SMILES string of the molecule is CCNc1ncc(F)c(Sc2nnc3n2CCCCC3)n1. The molecular weight excluding hydrogens is 291 g/mol. The zero-order chi connectivity index (χ0) is 14.7. The molecule has 6 nitrogen and oxygen atoms in total. The van der Waals surface area contributed by atoms with Crippen LogP contribution >= 0.6 is 11.8 Å². The smallest absolute Gasteiger partial charge is 0.223 e. The number of fused-ring (bicyclic) bond motifs is 1. The lowest BCUT2D eigenvalue weighted by Crippen LogP contribution is -2.05. The Labute approximate surface area is 126 Å². The van der Waals surface area contributed by atoms with Gasteiger partial charge >= 0.3 is 0 Å². The average molecular weight is 308 g/mol. The quantitative estimate of drug-likeness (QED) is 0.875. The maximum absolute atomic E-state index is 13.9. The van der Waals surface area contributed by atoms with Crippen molar-refractivity contribution in [1.82, 2.24) is 24.7 Å². The van der Waals surface area contributed by atoms with Crippen molar-refractivity contribution in [1.29, 1.82) is 0 Å². The molecular formula is C13H17FN6S. The molecule has 8 heteroatoms. The van der Waals surface area contributed by atoms with Gasteiger partial charge in [-0.15, -0.1) is 10.2 Å². The summed E-state index contributed by atoms with van der Waals surface area (Å²) in [4.78, 5) is 8.10. The molecule has 0 aliphatic carbocycles. The first-order valence-electron chi connectivity index (χ1n) is 7.14. The summed E-state index contributed by atoms with van der Waals surface area (Å²) in [6.45, 7) is 3.52. The Hall–Kier alpha value is -1.70. The van der Waals surface area contributed by atoms with Gasteiger partial charge < -0.3 is 9.88 Å². The standard InChI is InChI=1S/C13H17FN6S/c1-2-15-12-16-8-9(14)11(17-12)21-13-19-18-10-6-4-3-5-7-20(10)13/h8H,2-7H2,1H3,(H,15,16,17). The molecule has 2 aromatic heterocycles. The van der Waals surface area contributed by atoms with Crippen molar-refractivity contribution in [2.75, 3.05) is 11.9 Å². The molecule has 0 fully saturated rings. The molecule has 0 unspecified atom stereocenters. The van der Waals surface area contributed by atoms with Gasteiger partial charge in [0.2, 0.25) is 5.95 Å². The Balaban J connectivity index is 1.86. The number of halogens is 1. The van der Waals surface area contributed by atoms with E-state index in [0.717, 1.165) is 31.6 Å². The largest absolute Gasteiger partial charge is 0.354 e. The van der Waals surface area contributed by atoms with E-state index in [-0.39, 0.29) is 5.03 Å². The van der Waals surface area contributed by atoms with Crippen LogP contribution in [0.2, 0.25) is 0 Å². The minimum atomic E-state index is -0.437. The number of nitrogens with one attached hydrogen (secondary N) is 1. The summed E-state index contributed by atoms with van der Waals surface area (Å²) in [5, 5.41) is 12.4. The van der Waals surface area contributed by atoms with Crippen molar-refractivity contribution in [3.05, 3.63) is 17.8 Å². The van der Waals surface area contributed by atoms with Crippen LogP contribution in [0, 0.1) is 5.82 Å². The van der Waals surface area contributed by atoms with Crippen LogP contribution in [0.1, 0.15) is 32.0 Å². The lowest BCUT2D eigenvalue weighted by molar-refractivity contribution is 0.573. The Kier molecular flexibility index (Phi) is 4.33. The van der Waals surface area contributed by atoms with Crippen LogP contribution in [0.3, 0.4) is 0 Å². The van der Waals surface area contributed by atoms with Crippen LogP contribution in [0.5, 0.6) is 0 Å². The average Bonchev–Trinajstić information content (AvgIpc) is 2.71. The van der Waals surface area contributed by atoms with E-state index in [0.29, 0.717) is 17.6 Å². The summed E-state index contributed by atoms with van der Waals surface area (Å²) in [6.07, 6.45) is 5.55. The zero-order valence-corrected chi connectivity index (χ0v) is 12.7. The lowest BCUT2D eigenvalue weighted by atomic mass is 10.2. The molecule has 0 radical (unpaired) electrons. The molecule has 0 atom stereocenters. The van der Waals surface area contributed by atoms with Crippen molar-refractivity contribution in [2.45, 2.75) is 49.3 Å². The third kappa shape index (κ3) is 3.15. The molecule has 0 saturated heterocycles. The minimum absolute atomic E-state index is 0.278. The Morgan fingerprint density at radius 3 is 3.10 bits per heavy atom. The monoisotopic (exact) mass is 308 g/mol. The van der Waals surface area contributed by atoms with E-state index in [4.69, 9.17) is 0 Å². The van der Waals surface area contributed by atoms with Crippen molar-refractivity contribution in [3.8, 4) is 0 Å². The van der Waals surface area contributed by atoms with Gasteiger partial charge in [0, 0.05) is 19.5 Å². The van der Waals surface area contributed by atoms with E-state index < -0.39 is 5.82 Å². The van der Waals surface area contributed by atoms with Crippen LogP contribution in [-0.2, 0) is 13.0 Å². The highest BCUT2D eigenvalue weighted by Crippen LogP contribution is 2.29. The Morgan fingerprint density at radius 2 is 2.24 bits per heavy atom. The number of aromatic nitrogens is 5. The fourth-order valence-corrected chi connectivity index (χ4v) is 3.13. The lowest BCUT2D eigenvalue weighted by Gasteiger charge is -2.07. The third-order valence-electron chi connectivity index (χ3n) is 3.31. The molecule has 21 heavy (non-hydrogen) atoms. The van der Waals surface area contributed by atoms with Crippen molar-refractivity contribution in [2.24, 2.45) is 0 Å². The molecule has 3 heterocycles. The predicted molar refractivity (Wildman–Crippen MR) is 77.9 cm³/mol. The molecule has 112 valence electrons. The topological polar surface area (TPSA) is 68.5 Å². The highest BCUT2D eigenvalue weighted by molar-refractivity contribution is 7.99. The molecule has 0 spiro atoms. The number of hydrogen-bond acceptors (Lipinski definition) is 6. The van der Waals surface area contributed by atoms with Gasteiger partial charge in [-0.25, -0.2) is 14.4 Å². The predicted octanol–water partition coefficient (Wildman–Crippen LogP) is 2.52. The van der Waals surface area contributed by atoms with Crippen LogP contribution in [0.25, 0.3) is 0 Å².